The minimum Gasteiger partial charge on any atom is -0.429 e. The molecule has 21 heavy (non-hydrogen) atoms. The summed E-state index contributed by atoms with van der Waals surface area (Å²) in [4.78, 5) is 11.2. The summed E-state index contributed by atoms with van der Waals surface area (Å²) in [7, 11) is 0. The number of carbonyl (C=O) groups is 1. The number of ketones is 1. The van der Waals surface area contributed by atoms with Crippen molar-refractivity contribution in [1.29, 1.82) is 0 Å². The van der Waals surface area contributed by atoms with E-state index in [0.29, 0.717) is 0 Å². The van der Waals surface area contributed by atoms with E-state index < -0.39 is 24.6 Å². The third-order valence-corrected chi connectivity index (χ3v) is 2.56. The standard InChI is InChI=1S/C11H7BrF6O3/c12-5-8(19)6-1-3-7(4-2-6)20-10(14,15)9(13)21-11(16,17)18/h1-4,9H,5H2/t9-/m0/s1. The molecule has 0 heterocycles. The Labute approximate surface area is 123 Å². The molecule has 0 spiro atoms. The topological polar surface area (TPSA) is 35.5 Å². The van der Waals surface area contributed by atoms with E-state index in [1.54, 1.807) is 0 Å². The Bertz CT molecular complexity index is 488. The van der Waals surface area contributed by atoms with Crippen molar-refractivity contribution in [1.82, 2.24) is 0 Å². The van der Waals surface area contributed by atoms with Crippen LogP contribution in [-0.2, 0) is 4.74 Å². The van der Waals surface area contributed by atoms with Crippen LogP contribution in [0, 0.1) is 0 Å². The van der Waals surface area contributed by atoms with Gasteiger partial charge in [-0.2, -0.15) is 8.78 Å². The third-order valence-electron chi connectivity index (χ3n) is 2.05. The monoisotopic (exact) mass is 380 g/mol. The van der Waals surface area contributed by atoms with Gasteiger partial charge >= 0.3 is 18.8 Å². The van der Waals surface area contributed by atoms with Crippen LogP contribution in [0.25, 0.3) is 0 Å². The predicted molar refractivity (Wildman–Crippen MR) is 62.2 cm³/mol. The molecule has 0 N–H and O–H groups in total. The second-order valence-corrected chi connectivity index (χ2v) is 4.19. The number of benzene rings is 1. The number of hydrogen-bond donors (Lipinski definition) is 0. The van der Waals surface area contributed by atoms with Crippen LogP contribution >= 0.6 is 15.9 Å². The van der Waals surface area contributed by atoms with E-state index in [4.69, 9.17) is 0 Å². The van der Waals surface area contributed by atoms with E-state index in [0.717, 1.165) is 24.3 Å². The lowest BCUT2D eigenvalue weighted by Crippen LogP contribution is -2.41. The summed E-state index contributed by atoms with van der Waals surface area (Å²) >= 11 is 2.89. The number of carbonyl (C=O) groups excluding carboxylic acids is 1. The summed E-state index contributed by atoms with van der Waals surface area (Å²) in [5, 5.41) is -0.00462. The number of ether oxygens (including phenoxy) is 2. The fourth-order valence-corrected chi connectivity index (χ4v) is 1.50. The lowest BCUT2D eigenvalue weighted by atomic mass is 10.1. The molecule has 1 aromatic carbocycles. The van der Waals surface area contributed by atoms with Gasteiger partial charge in [-0.05, 0) is 24.3 Å². The molecule has 0 unspecified atom stereocenters. The van der Waals surface area contributed by atoms with Gasteiger partial charge in [0.15, 0.2) is 5.78 Å². The smallest absolute Gasteiger partial charge is 0.429 e. The van der Waals surface area contributed by atoms with E-state index in [2.05, 4.69) is 25.4 Å². The van der Waals surface area contributed by atoms with Crippen molar-refractivity contribution in [3.8, 4) is 5.75 Å². The third kappa shape index (κ3) is 5.54. The van der Waals surface area contributed by atoms with Gasteiger partial charge in [0.2, 0.25) is 0 Å². The van der Waals surface area contributed by atoms with Crippen LogP contribution in [-0.4, -0.2) is 29.9 Å². The summed E-state index contributed by atoms with van der Waals surface area (Å²) in [6, 6.07) is 3.99. The predicted octanol–water partition coefficient (Wildman–Crippen LogP) is 4.07. The summed E-state index contributed by atoms with van der Waals surface area (Å²) in [6.45, 7) is 0. The molecule has 0 saturated heterocycles. The van der Waals surface area contributed by atoms with Gasteiger partial charge in [0, 0.05) is 5.56 Å². The Morgan fingerprint density at radius 1 is 1.14 bits per heavy atom. The molecule has 0 aliphatic heterocycles. The van der Waals surface area contributed by atoms with Crippen LogP contribution < -0.4 is 4.74 Å². The van der Waals surface area contributed by atoms with Gasteiger partial charge < -0.3 is 4.74 Å². The van der Waals surface area contributed by atoms with Crippen LogP contribution in [0.4, 0.5) is 26.3 Å². The van der Waals surface area contributed by atoms with Crippen LogP contribution in [0.2, 0.25) is 0 Å². The van der Waals surface area contributed by atoms with Crippen molar-refractivity contribution >= 4 is 21.7 Å². The molecule has 3 nitrogen and oxygen atoms in total. The molecule has 0 bridgehead atoms. The number of halogens is 7. The highest BCUT2D eigenvalue weighted by Crippen LogP contribution is 2.31. The van der Waals surface area contributed by atoms with Crippen molar-refractivity contribution in [2.75, 3.05) is 5.33 Å². The molecule has 0 aromatic heterocycles. The van der Waals surface area contributed by atoms with Gasteiger partial charge in [-0.15, -0.1) is 13.2 Å². The second-order valence-electron chi connectivity index (χ2n) is 3.62. The quantitative estimate of drug-likeness (QED) is 0.424. The molecule has 1 atom stereocenters. The first kappa shape index (κ1) is 17.8. The number of alkyl halides is 7. The van der Waals surface area contributed by atoms with Crippen LogP contribution in [0.15, 0.2) is 24.3 Å². The maximum absolute atomic E-state index is 13.1. The number of Topliss-reactive ketones (excluding diaryl/α,β-unsaturated/α-hetero) is 1. The molecule has 118 valence electrons. The average molecular weight is 381 g/mol. The molecule has 10 heteroatoms. The van der Waals surface area contributed by atoms with E-state index >= 15 is 0 Å². The molecule has 1 rings (SSSR count). The van der Waals surface area contributed by atoms with E-state index in [9.17, 15) is 31.1 Å². The molecule has 0 saturated carbocycles. The maximum atomic E-state index is 13.1. The molecule has 0 aliphatic rings. The lowest BCUT2D eigenvalue weighted by Gasteiger charge is -2.22. The zero-order chi connectivity index (χ0) is 16.3. The van der Waals surface area contributed by atoms with Gasteiger partial charge in [-0.1, -0.05) is 15.9 Å². The van der Waals surface area contributed by atoms with Gasteiger partial charge in [-0.25, -0.2) is 9.13 Å². The molecule has 0 radical (unpaired) electrons. The van der Waals surface area contributed by atoms with E-state index in [1.165, 1.54) is 0 Å². The van der Waals surface area contributed by atoms with Crippen molar-refractivity contribution in [2.24, 2.45) is 0 Å². The molecular formula is C11H7BrF6O3. The highest BCUT2D eigenvalue weighted by atomic mass is 79.9. The summed E-state index contributed by atoms with van der Waals surface area (Å²) in [5.74, 6) is -0.975. The summed E-state index contributed by atoms with van der Waals surface area (Å²) < 4.78 is 80.2. The first-order chi connectivity index (χ1) is 9.55. The highest BCUT2D eigenvalue weighted by molar-refractivity contribution is 9.09. The van der Waals surface area contributed by atoms with Gasteiger partial charge in [-0.3, -0.25) is 4.79 Å². The minimum atomic E-state index is -5.57. The van der Waals surface area contributed by atoms with Crippen LogP contribution in [0.1, 0.15) is 10.4 Å². The zero-order valence-electron chi connectivity index (χ0n) is 9.96. The van der Waals surface area contributed by atoms with E-state index in [-0.39, 0.29) is 16.7 Å². The SMILES string of the molecule is O=C(CBr)c1ccc(OC(F)(F)[C@@H](F)OC(F)(F)F)cc1. The molecule has 0 aliphatic carbocycles. The molecule has 0 fully saturated rings. The Morgan fingerprint density at radius 2 is 1.67 bits per heavy atom. The van der Waals surface area contributed by atoms with Gasteiger partial charge in [0.25, 0.3) is 0 Å². The van der Waals surface area contributed by atoms with Crippen molar-refractivity contribution < 1.29 is 40.6 Å². The maximum Gasteiger partial charge on any atom is 0.525 e. The second kappa shape index (κ2) is 6.65. The van der Waals surface area contributed by atoms with Crippen LogP contribution in [0.5, 0.6) is 5.75 Å². The largest absolute Gasteiger partial charge is 0.525 e. The highest BCUT2D eigenvalue weighted by Gasteiger charge is 2.50. The Morgan fingerprint density at radius 3 is 2.10 bits per heavy atom. The number of hydrogen-bond acceptors (Lipinski definition) is 3. The van der Waals surface area contributed by atoms with Crippen molar-refractivity contribution in [3.05, 3.63) is 29.8 Å². The Balaban J connectivity index is 2.77. The molecule has 0 amide bonds. The average Bonchev–Trinajstić information content (AvgIpc) is 2.36. The van der Waals surface area contributed by atoms with Gasteiger partial charge in [0.1, 0.15) is 5.75 Å². The normalized spacial score (nSPS) is 13.9. The zero-order valence-corrected chi connectivity index (χ0v) is 11.6. The van der Waals surface area contributed by atoms with Gasteiger partial charge in [0.05, 0.1) is 5.33 Å². The van der Waals surface area contributed by atoms with E-state index in [1.807, 2.05) is 0 Å². The first-order valence-corrected chi connectivity index (χ1v) is 6.32. The number of rotatable bonds is 6. The van der Waals surface area contributed by atoms with Crippen LogP contribution in [0.3, 0.4) is 0 Å². The van der Waals surface area contributed by atoms with Crippen molar-refractivity contribution in [2.45, 2.75) is 18.8 Å². The molecular weight excluding hydrogens is 374 g/mol. The Hall–Kier alpha value is -1.29. The fourth-order valence-electron chi connectivity index (χ4n) is 1.18. The minimum absolute atomic E-state index is 0.00462. The fraction of sp³-hybridized carbons (Fsp3) is 0.364. The summed E-state index contributed by atoms with van der Waals surface area (Å²) in [5.41, 5.74) is 0.158. The van der Waals surface area contributed by atoms with Crippen molar-refractivity contribution in [3.63, 3.8) is 0 Å². The summed E-state index contributed by atoms with van der Waals surface area (Å²) in [6.07, 6.45) is -14.4. The lowest BCUT2D eigenvalue weighted by molar-refractivity contribution is -0.411. The molecule has 1 aromatic rings. The Kier molecular flexibility index (Phi) is 5.62. The first-order valence-electron chi connectivity index (χ1n) is 5.20.